The molecular weight excluding hydrogens is 286 g/mol. The molecule has 7 heteroatoms. The Hall–Kier alpha value is -1.05. The van der Waals surface area contributed by atoms with Crippen molar-refractivity contribution in [3.8, 4) is 0 Å². The van der Waals surface area contributed by atoms with Crippen molar-refractivity contribution in [1.82, 2.24) is 10.0 Å². The summed E-state index contributed by atoms with van der Waals surface area (Å²) in [4.78, 5) is -0.518. The van der Waals surface area contributed by atoms with Crippen molar-refractivity contribution >= 4 is 10.0 Å². The Kier molecular flexibility index (Phi) is 6.04. The van der Waals surface area contributed by atoms with Crippen LogP contribution in [0.3, 0.4) is 0 Å². The van der Waals surface area contributed by atoms with Gasteiger partial charge in [0.2, 0.25) is 10.0 Å². The van der Waals surface area contributed by atoms with Gasteiger partial charge < -0.3 is 5.32 Å². The van der Waals surface area contributed by atoms with Gasteiger partial charge in [-0.25, -0.2) is 21.9 Å². The maximum atomic E-state index is 14.2. The van der Waals surface area contributed by atoms with E-state index in [-0.39, 0.29) is 18.2 Å². The second-order valence-electron chi connectivity index (χ2n) is 4.50. The summed E-state index contributed by atoms with van der Waals surface area (Å²) >= 11 is 0. The van der Waals surface area contributed by atoms with E-state index in [0.717, 1.165) is 12.1 Å². The Bertz CT molecular complexity index is 558. The van der Waals surface area contributed by atoms with Crippen LogP contribution in [-0.2, 0) is 16.6 Å². The van der Waals surface area contributed by atoms with Crippen LogP contribution in [-0.4, -0.2) is 21.5 Å². The first-order valence-electron chi connectivity index (χ1n) is 6.51. The van der Waals surface area contributed by atoms with Gasteiger partial charge in [0.1, 0.15) is 10.7 Å². The molecule has 0 unspecified atom stereocenters. The minimum atomic E-state index is -3.99. The number of nitrogens with one attached hydrogen (secondary N) is 2. The minimum absolute atomic E-state index is 0.0774. The molecule has 0 aliphatic heterocycles. The summed E-state index contributed by atoms with van der Waals surface area (Å²) in [5.74, 6) is -1.81. The Morgan fingerprint density at radius 2 is 1.80 bits per heavy atom. The molecule has 0 heterocycles. The van der Waals surface area contributed by atoms with Crippen molar-refractivity contribution in [1.29, 1.82) is 0 Å². The summed E-state index contributed by atoms with van der Waals surface area (Å²) in [6, 6.07) is 1.66. The summed E-state index contributed by atoms with van der Waals surface area (Å²) in [6.07, 6.45) is 1.20. The van der Waals surface area contributed by atoms with Crippen LogP contribution in [0.2, 0.25) is 0 Å². The third-order valence-corrected chi connectivity index (χ3v) is 4.64. The highest BCUT2D eigenvalue weighted by molar-refractivity contribution is 7.89. The van der Waals surface area contributed by atoms with Crippen LogP contribution in [0.15, 0.2) is 17.0 Å². The smallest absolute Gasteiger partial charge is 0.243 e. The molecule has 2 N–H and O–H groups in total. The quantitative estimate of drug-likeness (QED) is 0.811. The zero-order chi connectivity index (χ0) is 15.3. The Morgan fingerprint density at radius 3 is 2.30 bits per heavy atom. The molecule has 0 radical (unpaired) electrons. The lowest BCUT2D eigenvalue weighted by molar-refractivity contribution is 0.505. The first-order chi connectivity index (χ1) is 9.37. The largest absolute Gasteiger partial charge is 0.315 e. The van der Waals surface area contributed by atoms with Crippen LogP contribution < -0.4 is 10.0 Å². The molecule has 1 aromatic rings. The number of halogens is 2. The molecule has 0 saturated heterocycles. The maximum absolute atomic E-state index is 14.2. The first kappa shape index (κ1) is 17.0. The number of hydrogen-bond donors (Lipinski definition) is 2. The maximum Gasteiger partial charge on any atom is 0.243 e. The number of rotatable bonds is 7. The number of benzene rings is 1. The second kappa shape index (κ2) is 7.10. The lowest BCUT2D eigenvalue weighted by Crippen LogP contribution is -2.34. The first-order valence-corrected chi connectivity index (χ1v) is 7.99. The van der Waals surface area contributed by atoms with Crippen molar-refractivity contribution in [2.75, 3.05) is 7.05 Å². The van der Waals surface area contributed by atoms with Gasteiger partial charge in [0.05, 0.1) is 0 Å². The second-order valence-corrected chi connectivity index (χ2v) is 6.19. The van der Waals surface area contributed by atoms with Gasteiger partial charge in [0.25, 0.3) is 0 Å². The molecule has 0 fully saturated rings. The molecule has 1 rings (SSSR count). The Labute approximate surface area is 118 Å². The van der Waals surface area contributed by atoms with Crippen molar-refractivity contribution < 1.29 is 17.2 Å². The van der Waals surface area contributed by atoms with Gasteiger partial charge in [0, 0.05) is 18.2 Å². The van der Waals surface area contributed by atoms with Gasteiger partial charge in [-0.05, 0) is 32.0 Å². The fourth-order valence-electron chi connectivity index (χ4n) is 1.86. The van der Waals surface area contributed by atoms with Crippen LogP contribution in [0, 0.1) is 11.6 Å². The van der Waals surface area contributed by atoms with Crippen molar-refractivity contribution in [2.45, 2.75) is 44.2 Å². The molecular formula is C13H20F2N2O2S. The van der Waals surface area contributed by atoms with Gasteiger partial charge in [-0.1, -0.05) is 13.8 Å². The van der Waals surface area contributed by atoms with Gasteiger partial charge in [-0.2, -0.15) is 0 Å². The van der Waals surface area contributed by atoms with Crippen LogP contribution in [0.1, 0.15) is 32.3 Å². The predicted octanol–water partition coefficient (Wildman–Crippen LogP) is 2.15. The fourth-order valence-corrected chi connectivity index (χ4v) is 3.37. The Balaban J connectivity index is 3.22. The van der Waals surface area contributed by atoms with E-state index < -0.39 is 26.6 Å². The number of hydrogen-bond acceptors (Lipinski definition) is 3. The van der Waals surface area contributed by atoms with Crippen molar-refractivity contribution in [3.63, 3.8) is 0 Å². The molecule has 0 aliphatic rings. The summed E-state index contributed by atoms with van der Waals surface area (Å²) in [7, 11) is -2.46. The number of sulfonamides is 1. The topological polar surface area (TPSA) is 58.2 Å². The zero-order valence-electron chi connectivity index (χ0n) is 11.8. The molecule has 0 amide bonds. The molecule has 4 nitrogen and oxygen atoms in total. The van der Waals surface area contributed by atoms with Gasteiger partial charge in [-0.3, -0.25) is 0 Å². The van der Waals surface area contributed by atoms with Crippen LogP contribution in [0.25, 0.3) is 0 Å². The lowest BCUT2D eigenvalue weighted by Gasteiger charge is -2.16. The molecule has 0 spiro atoms. The van der Waals surface area contributed by atoms with E-state index in [2.05, 4.69) is 10.0 Å². The molecule has 0 bridgehead atoms. The third kappa shape index (κ3) is 3.74. The van der Waals surface area contributed by atoms with Gasteiger partial charge >= 0.3 is 0 Å². The summed E-state index contributed by atoms with van der Waals surface area (Å²) in [6.45, 7) is 3.60. The molecule has 0 aromatic heterocycles. The standard InChI is InChI=1S/C13H20F2N2O2S/c1-4-9(5-2)17-20(18,19)12-7-6-11(14)10(8-16-3)13(12)15/h6-7,9,16-17H,4-5,8H2,1-3H3. The van der Waals surface area contributed by atoms with E-state index in [0.29, 0.717) is 12.8 Å². The van der Waals surface area contributed by atoms with E-state index in [1.807, 2.05) is 13.8 Å². The fraction of sp³-hybridized carbons (Fsp3) is 0.538. The highest BCUT2D eigenvalue weighted by atomic mass is 32.2. The average Bonchev–Trinajstić information content (AvgIpc) is 2.40. The monoisotopic (exact) mass is 306 g/mol. The summed E-state index contributed by atoms with van der Waals surface area (Å²) in [5.41, 5.74) is -0.278. The molecule has 114 valence electrons. The van der Waals surface area contributed by atoms with Gasteiger partial charge in [-0.15, -0.1) is 0 Å². The zero-order valence-corrected chi connectivity index (χ0v) is 12.7. The SMILES string of the molecule is CCC(CC)NS(=O)(=O)c1ccc(F)c(CNC)c1F. The molecule has 0 saturated carbocycles. The van der Waals surface area contributed by atoms with E-state index >= 15 is 0 Å². The predicted molar refractivity (Wildman–Crippen MR) is 73.8 cm³/mol. The highest BCUT2D eigenvalue weighted by Gasteiger charge is 2.25. The normalized spacial score (nSPS) is 12.1. The van der Waals surface area contributed by atoms with Crippen LogP contribution in [0.4, 0.5) is 8.78 Å². The molecule has 1 aromatic carbocycles. The average molecular weight is 306 g/mol. The van der Waals surface area contributed by atoms with Crippen LogP contribution in [0.5, 0.6) is 0 Å². The van der Waals surface area contributed by atoms with E-state index in [4.69, 9.17) is 0 Å². The van der Waals surface area contributed by atoms with Crippen molar-refractivity contribution in [3.05, 3.63) is 29.3 Å². The summed E-state index contributed by atoms with van der Waals surface area (Å²) < 4.78 is 54.4. The summed E-state index contributed by atoms with van der Waals surface area (Å²) in [5, 5.41) is 2.61. The van der Waals surface area contributed by atoms with Gasteiger partial charge in [0.15, 0.2) is 5.82 Å². The van der Waals surface area contributed by atoms with E-state index in [9.17, 15) is 17.2 Å². The van der Waals surface area contributed by atoms with Crippen LogP contribution >= 0.6 is 0 Å². The molecule has 20 heavy (non-hydrogen) atoms. The van der Waals surface area contributed by atoms with E-state index in [1.165, 1.54) is 7.05 Å². The third-order valence-electron chi connectivity index (χ3n) is 3.10. The molecule has 0 atom stereocenters. The molecule has 0 aliphatic carbocycles. The van der Waals surface area contributed by atoms with E-state index in [1.54, 1.807) is 0 Å². The lowest BCUT2D eigenvalue weighted by atomic mass is 10.2. The minimum Gasteiger partial charge on any atom is -0.315 e. The Morgan fingerprint density at radius 1 is 1.20 bits per heavy atom. The van der Waals surface area contributed by atoms with Crippen molar-refractivity contribution in [2.24, 2.45) is 0 Å². The highest BCUT2D eigenvalue weighted by Crippen LogP contribution is 2.21.